The van der Waals surface area contributed by atoms with Crippen LogP contribution in [0.25, 0.3) is 0 Å². The first-order valence-corrected chi connectivity index (χ1v) is 7.22. The van der Waals surface area contributed by atoms with Crippen LogP contribution >= 0.6 is 15.9 Å². The Morgan fingerprint density at radius 1 is 1.47 bits per heavy atom. The van der Waals surface area contributed by atoms with Crippen LogP contribution in [0.2, 0.25) is 0 Å². The van der Waals surface area contributed by atoms with E-state index in [1.165, 1.54) is 0 Å². The second-order valence-electron chi connectivity index (χ2n) is 4.53. The maximum Gasteiger partial charge on any atom is 0.133 e. The molecule has 2 atom stereocenters. The van der Waals surface area contributed by atoms with Crippen LogP contribution in [0.15, 0.2) is 22.7 Å². The summed E-state index contributed by atoms with van der Waals surface area (Å²) in [4.78, 5) is 0. The highest BCUT2D eigenvalue weighted by Crippen LogP contribution is 2.32. The lowest BCUT2D eigenvalue weighted by atomic mass is 10.0. The number of hydrogen-bond acceptors (Lipinski definition) is 4. The van der Waals surface area contributed by atoms with Gasteiger partial charge in [-0.05, 0) is 46.5 Å². The summed E-state index contributed by atoms with van der Waals surface area (Å²) in [5.74, 6) is 0.750. The van der Waals surface area contributed by atoms with Crippen molar-refractivity contribution in [2.24, 2.45) is 0 Å². The molecule has 1 aliphatic rings. The molecule has 5 heteroatoms. The Hall–Kier alpha value is -0.620. The zero-order valence-corrected chi connectivity index (χ0v) is 12.6. The van der Waals surface area contributed by atoms with Crippen LogP contribution in [-0.4, -0.2) is 38.1 Å². The third-order valence-electron chi connectivity index (χ3n) is 3.16. The van der Waals surface area contributed by atoms with Gasteiger partial charge in [-0.3, -0.25) is 0 Å². The van der Waals surface area contributed by atoms with Gasteiger partial charge in [-0.15, -0.1) is 0 Å². The van der Waals surface area contributed by atoms with Gasteiger partial charge < -0.3 is 19.3 Å². The van der Waals surface area contributed by atoms with Crippen LogP contribution in [0.3, 0.4) is 0 Å². The molecule has 0 spiro atoms. The van der Waals surface area contributed by atoms with E-state index in [0.717, 1.165) is 35.2 Å². The Labute approximate surface area is 121 Å². The summed E-state index contributed by atoms with van der Waals surface area (Å²) in [7, 11) is 1.64. The average Bonchev–Trinajstić information content (AvgIpc) is 2.94. The summed E-state index contributed by atoms with van der Waals surface area (Å²) in [6.07, 6.45) is 1.25. The molecule has 0 radical (unpaired) electrons. The van der Waals surface area contributed by atoms with E-state index < -0.39 is 6.10 Å². The molecule has 1 fully saturated rings. The summed E-state index contributed by atoms with van der Waals surface area (Å²) in [5.41, 5.74) is 0.845. The van der Waals surface area contributed by atoms with Gasteiger partial charge in [-0.25, -0.2) is 0 Å². The summed E-state index contributed by atoms with van der Waals surface area (Å²) >= 11 is 3.46. The van der Waals surface area contributed by atoms with Gasteiger partial charge in [-0.2, -0.15) is 0 Å². The van der Waals surface area contributed by atoms with E-state index in [2.05, 4.69) is 15.9 Å². The van der Waals surface area contributed by atoms with Crippen LogP contribution in [0.1, 0.15) is 24.5 Å². The number of ether oxygens (including phenoxy) is 3. The van der Waals surface area contributed by atoms with Crippen molar-refractivity contribution in [1.82, 2.24) is 0 Å². The molecule has 0 saturated carbocycles. The summed E-state index contributed by atoms with van der Waals surface area (Å²) in [5, 5.41) is 10.2. The normalized spacial score (nSPS) is 20.5. The standard InChI is InChI=1S/C14H19BrO4/c1-17-7-8-19-12-5-4-10(9-11(12)15)14(16)13-3-2-6-18-13/h4-5,9,13-14,16H,2-3,6-8H2,1H3. The molecule has 19 heavy (non-hydrogen) atoms. The molecule has 1 aliphatic heterocycles. The minimum Gasteiger partial charge on any atom is -0.490 e. The SMILES string of the molecule is COCCOc1ccc(C(O)C2CCCO2)cc1Br. The van der Waals surface area contributed by atoms with Gasteiger partial charge in [0.1, 0.15) is 18.5 Å². The molecular formula is C14H19BrO4. The van der Waals surface area contributed by atoms with E-state index in [9.17, 15) is 5.11 Å². The number of aliphatic hydroxyl groups is 1. The molecule has 2 rings (SSSR count). The van der Waals surface area contributed by atoms with E-state index in [4.69, 9.17) is 14.2 Å². The second kappa shape index (κ2) is 7.24. The number of benzene rings is 1. The first-order valence-electron chi connectivity index (χ1n) is 6.43. The lowest BCUT2D eigenvalue weighted by Crippen LogP contribution is -2.17. The molecule has 4 nitrogen and oxygen atoms in total. The fraction of sp³-hybridized carbons (Fsp3) is 0.571. The Morgan fingerprint density at radius 2 is 2.32 bits per heavy atom. The second-order valence-corrected chi connectivity index (χ2v) is 5.38. The topological polar surface area (TPSA) is 47.9 Å². The quantitative estimate of drug-likeness (QED) is 0.815. The third-order valence-corrected chi connectivity index (χ3v) is 3.78. The Balaban J connectivity index is 2.00. The molecule has 0 aliphatic carbocycles. The van der Waals surface area contributed by atoms with Crippen LogP contribution in [0.4, 0.5) is 0 Å². The van der Waals surface area contributed by atoms with E-state index in [1.54, 1.807) is 7.11 Å². The van der Waals surface area contributed by atoms with Crippen molar-refractivity contribution in [3.05, 3.63) is 28.2 Å². The van der Waals surface area contributed by atoms with E-state index in [1.807, 2.05) is 18.2 Å². The monoisotopic (exact) mass is 330 g/mol. The predicted octanol–water partition coefficient (Wildman–Crippen LogP) is 2.69. The fourth-order valence-corrected chi connectivity index (χ4v) is 2.63. The average molecular weight is 331 g/mol. The van der Waals surface area contributed by atoms with Crippen molar-refractivity contribution in [2.45, 2.75) is 25.0 Å². The van der Waals surface area contributed by atoms with E-state index >= 15 is 0 Å². The van der Waals surface area contributed by atoms with Crippen LogP contribution in [0.5, 0.6) is 5.75 Å². The van der Waals surface area contributed by atoms with Crippen LogP contribution in [-0.2, 0) is 9.47 Å². The molecule has 1 aromatic carbocycles. The first-order chi connectivity index (χ1) is 9.22. The molecule has 0 aromatic heterocycles. The Morgan fingerprint density at radius 3 is 2.95 bits per heavy atom. The minimum absolute atomic E-state index is 0.0906. The Bertz CT molecular complexity index is 404. The highest BCUT2D eigenvalue weighted by atomic mass is 79.9. The molecule has 1 N–H and O–H groups in total. The summed E-state index contributed by atoms with van der Waals surface area (Å²) in [6, 6.07) is 5.61. The van der Waals surface area contributed by atoms with Gasteiger partial charge >= 0.3 is 0 Å². The van der Waals surface area contributed by atoms with Gasteiger partial charge in [0.15, 0.2) is 0 Å². The van der Waals surface area contributed by atoms with Crippen molar-refractivity contribution >= 4 is 15.9 Å². The molecule has 1 aromatic rings. The molecule has 2 unspecified atom stereocenters. The van der Waals surface area contributed by atoms with Gasteiger partial charge in [-0.1, -0.05) is 6.07 Å². The molecular weight excluding hydrogens is 312 g/mol. The van der Waals surface area contributed by atoms with Gasteiger partial charge in [0.05, 0.1) is 17.2 Å². The predicted molar refractivity (Wildman–Crippen MR) is 75.4 cm³/mol. The van der Waals surface area contributed by atoms with Crippen molar-refractivity contribution in [2.75, 3.05) is 26.9 Å². The largest absolute Gasteiger partial charge is 0.490 e. The number of hydrogen-bond donors (Lipinski definition) is 1. The maximum atomic E-state index is 10.2. The van der Waals surface area contributed by atoms with Crippen LogP contribution < -0.4 is 4.74 Å². The van der Waals surface area contributed by atoms with Crippen molar-refractivity contribution in [1.29, 1.82) is 0 Å². The smallest absolute Gasteiger partial charge is 0.133 e. The zero-order chi connectivity index (χ0) is 13.7. The number of aliphatic hydroxyl groups excluding tert-OH is 1. The minimum atomic E-state index is -0.577. The summed E-state index contributed by atoms with van der Waals surface area (Å²) < 4.78 is 16.8. The molecule has 1 saturated heterocycles. The van der Waals surface area contributed by atoms with Gasteiger partial charge in [0, 0.05) is 13.7 Å². The highest BCUT2D eigenvalue weighted by Gasteiger charge is 2.25. The van der Waals surface area contributed by atoms with E-state index in [-0.39, 0.29) is 6.10 Å². The van der Waals surface area contributed by atoms with Gasteiger partial charge in [0.25, 0.3) is 0 Å². The lowest BCUT2D eigenvalue weighted by Gasteiger charge is -2.18. The molecule has 106 valence electrons. The van der Waals surface area contributed by atoms with Gasteiger partial charge in [0.2, 0.25) is 0 Å². The van der Waals surface area contributed by atoms with Crippen LogP contribution in [0, 0.1) is 0 Å². The fourth-order valence-electron chi connectivity index (χ4n) is 2.12. The van der Waals surface area contributed by atoms with E-state index in [0.29, 0.717) is 13.2 Å². The van der Waals surface area contributed by atoms with Crippen molar-refractivity contribution in [3.63, 3.8) is 0 Å². The maximum absolute atomic E-state index is 10.2. The number of rotatable bonds is 6. The number of halogens is 1. The third kappa shape index (κ3) is 3.92. The lowest BCUT2D eigenvalue weighted by molar-refractivity contribution is -0.00264. The Kier molecular flexibility index (Phi) is 5.63. The molecule has 0 bridgehead atoms. The molecule has 0 amide bonds. The first kappa shape index (κ1) is 14.8. The number of methoxy groups -OCH3 is 1. The molecule has 1 heterocycles. The van der Waals surface area contributed by atoms with Crippen molar-refractivity contribution < 1.29 is 19.3 Å². The highest BCUT2D eigenvalue weighted by molar-refractivity contribution is 9.10. The zero-order valence-electron chi connectivity index (χ0n) is 11.0. The summed E-state index contributed by atoms with van der Waals surface area (Å²) in [6.45, 7) is 1.79. The van der Waals surface area contributed by atoms with Crippen molar-refractivity contribution in [3.8, 4) is 5.75 Å².